The zero-order valence-corrected chi connectivity index (χ0v) is 8.56. The molecule has 0 radical (unpaired) electrons. The first kappa shape index (κ1) is 10.4. The first-order chi connectivity index (χ1) is 7.38. The van der Waals surface area contributed by atoms with Crippen LogP contribution in [-0.4, -0.2) is 29.4 Å². The van der Waals surface area contributed by atoms with Gasteiger partial charge in [0.2, 0.25) is 0 Å². The van der Waals surface area contributed by atoms with Gasteiger partial charge in [0, 0.05) is 6.61 Å². The van der Waals surface area contributed by atoms with Gasteiger partial charge in [0.15, 0.2) is 0 Å². The third kappa shape index (κ3) is 2.91. The van der Waals surface area contributed by atoms with Crippen molar-refractivity contribution >= 4 is 0 Å². The Kier molecular flexibility index (Phi) is 3.53. The van der Waals surface area contributed by atoms with Crippen molar-refractivity contribution in [2.24, 2.45) is 0 Å². The van der Waals surface area contributed by atoms with Crippen LogP contribution in [0.5, 0.6) is 5.75 Å². The lowest BCUT2D eigenvalue weighted by Crippen LogP contribution is -2.28. The van der Waals surface area contributed by atoms with E-state index in [9.17, 15) is 0 Å². The molecule has 1 atom stereocenters. The highest BCUT2D eigenvalue weighted by atomic mass is 16.5. The zero-order chi connectivity index (χ0) is 10.5. The molecule has 15 heavy (non-hydrogen) atoms. The molecule has 0 aromatic carbocycles. The molecule has 82 valence electrons. The van der Waals surface area contributed by atoms with E-state index in [2.05, 4.69) is 4.98 Å². The highest BCUT2D eigenvalue weighted by Crippen LogP contribution is 2.16. The summed E-state index contributed by atoms with van der Waals surface area (Å²) < 4.78 is 11.0. The number of rotatable bonds is 3. The predicted molar refractivity (Wildman–Crippen MR) is 54.6 cm³/mol. The SMILES string of the molecule is OCc1ccc(OC2CCCOC2)cn1. The maximum atomic E-state index is 8.83. The van der Waals surface area contributed by atoms with Gasteiger partial charge in [0.05, 0.1) is 25.1 Å². The van der Waals surface area contributed by atoms with Crippen molar-refractivity contribution in [2.75, 3.05) is 13.2 Å². The van der Waals surface area contributed by atoms with Gasteiger partial charge in [-0.15, -0.1) is 0 Å². The van der Waals surface area contributed by atoms with Crippen molar-refractivity contribution in [1.82, 2.24) is 4.98 Å². The summed E-state index contributed by atoms with van der Waals surface area (Å²) in [6.45, 7) is 1.45. The Balaban J connectivity index is 1.91. The van der Waals surface area contributed by atoms with Crippen LogP contribution in [0.4, 0.5) is 0 Å². The number of ether oxygens (including phenoxy) is 2. The van der Waals surface area contributed by atoms with Gasteiger partial charge in [-0.1, -0.05) is 0 Å². The minimum Gasteiger partial charge on any atom is -0.486 e. The smallest absolute Gasteiger partial charge is 0.138 e. The van der Waals surface area contributed by atoms with Gasteiger partial charge in [-0.05, 0) is 25.0 Å². The molecule has 4 nitrogen and oxygen atoms in total. The molecule has 1 aliphatic heterocycles. The Labute approximate surface area is 88.9 Å². The lowest BCUT2D eigenvalue weighted by Gasteiger charge is -2.23. The van der Waals surface area contributed by atoms with Crippen LogP contribution in [-0.2, 0) is 11.3 Å². The molecule has 1 unspecified atom stereocenters. The van der Waals surface area contributed by atoms with E-state index < -0.39 is 0 Å². The summed E-state index contributed by atoms with van der Waals surface area (Å²) in [4.78, 5) is 4.05. The van der Waals surface area contributed by atoms with Gasteiger partial charge in [-0.3, -0.25) is 4.98 Å². The fourth-order valence-electron chi connectivity index (χ4n) is 1.57. The molecule has 0 spiro atoms. The van der Waals surface area contributed by atoms with Crippen LogP contribution in [0, 0.1) is 0 Å². The highest BCUT2D eigenvalue weighted by Gasteiger charge is 2.15. The number of nitrogens with zero attached hydrogens (tertiary/aromatic N) is 1. The second-order valence-corrected chi connectivity index (χ2v) is 3.60. The summed E-state index contributed by atoms with van der Waals surface area (Å²) in [7, 11) is 0. The van der Waals surface area contributed by atoms with Gasteiger partial charge >= 0.3 is 0 Å². The van der Waals surface area contributed by atoms with E-state index in [0.29, 0.717) is 12.3 Å². The number of hydrogen-bond donors (Lipinski definition) is 1. The molecule has 1 aliphatic rings. The number of pyridine rings is 1. The third-order valence-electron chi connectivity index (χ3n) is 2.38. The van der Waals surface area contributed by atoms with Crippen LogP contribution in [0.15, 0.2) is 18.3 Å². The molecular weight excluding hydrogens is 194 g/mol. The minimum atomic E-state index is -0.0349. The molecule has 1 N–H and O–H groups in total. The van der Waals surface area contributed by atoms with Crippen molar-refractivity contribution in [3.63, 3.8) is 0 Å². The first-order valence-electron chi connectivity index (χ1n) is 5.18. The Morgan fingerprint density at radius 1 is 1.53 bits per heavy atom. The largest absolute Gasteiger partial charge is 0.486 e. The van der Waals surface area contributed by atoms with Crippen LogP contribution in [0.1, 0.15) is 18.5 Å². The average molecular weight is 209 g/mol. The van der Waals surface area contributed by atoms with E-state index in [1.165, 1.54) is 0 Å². The van der Waals surface area contributed by atoms with Crippen LogP contribution in [0.2, 0.25) is 0 Å². The predicted octanol–water partition coefficient (Wildman–Crippen LogP) is 1.13. The van der Waals surface area contributed by atoms with Crippen molar-refractivity contribution in [3.05, 3.63) is 24.0 Å². The van der Waals surface area contributed by atoms with Crippen molar-refractivity contribution in [2.45, 2.75) is 25.6 Å². The maximum Gasteiger partial charge on any atom is 0.138 e. The minimum absolute atomic E-state index is 0.0349. The first-order valence-corrected chi connectivity index (χ1v) is 5.18. The second kappa shape index (κ2) is 5.09. The monoisotopic (exact) mass is 209 g/mol. The zero-order valence-electron chi connectivity index (χ0n) is 8.56. The lowest BCUT2D eigenvalue weighted by atomic mass is 10.2. The van der Waals surface area contributed by atoms with E-state index in [-0.39, 0.29) is 12.7 Å². The maximum absolute atomic E-state index is 8.83. The molecule has 0 saturated carbocycles. The Morgan fingerprint density at radius 3 is 3.07 bits per heavy atom. The molecule has 0 amide bonds. The van der Waals surface area contributed by atoms with E-state index >= 15 is 0 Å². The fraction of sp³-hybridized carbons (Fsp3) is 0.545. The summed E-state index contributed by atoms with van der Waals surface area (Å²) in [6.07, 6.45) is 3.86. The summed E-state index contributed by atoms with van der Waals surface area (Å²) >= 11 is 0. The topological polar surface area (TPSA) is 51.6 Å². The molecule has 2 rings (SSSR count). The molecule has 1 aromatic heterocycles. The summed E-state index contributed by atoms with van der Waals surface area (Å²) in [5.41, 5.74) is 0.655. The molecule has 0 bridgehead atoms. The summed E-state index contributed by atoms with van der Waals surface area (Å²) in [5.74, 6) is 0.739. The Morgan fingerprint density at radius 2 is 2.47 bits per heavy atom. The van der Waals surface area contributed by atoms with Crippen LogP contribution < -0.4 is 4.74 Å². The van der Waals surface area contributed by atoms with Crippen LogP contribution in [0.3, 0.4) is 0 Å². The fourth-order valence-corrected chi connectivity index (χ4v) is 1.57. The molecule has 1 fully saturated rings. The van der Waals surface area contributed by atoms with Gasteiger partial charge in [-0.2, -0.15) is 0 Å². The van der Waals surface area contributed by atoms with Gasteiger partial charge in [-0.25, -0.2) is 0 Å². The molecule has 1 saturated heterocycles. The van der Waals surface area contributed by atoms with Crippen molar-refractivity contribution in [3.8, 4) is 5.75 Å². The standard InChI is InChI=1S/C11H15NO3/c13-7-9-3-4-10(6-12-9)15-11-2-1-5-14-8-11/h3-4,6,11,13H,1-2,5,7-8H2. The number of aromatic nitrogens is 1. The van der Waals surface area contributed by atoms with Gasteiger partial charge in [0.25, 0.3) is 0 Å². The van der Waals surface area contributed by atoms with Crippen molar-refractivity contribution in [1.29, 1.82) is 0 Å². The molecular formula is C11H15NO3. The Bertz CT molecular complexity index is 293. The lowest BCUT2D eigenvalue weighted by molar-refractivity contribution is 0.00726. The number of aliphatic hydroxyl groups is 1. The second-order valence-electron chi connectivity index (χ2n) is 3.60. The number of hydrogen-bond acceptors (Lipinski definition) is 4. The third-order valence-corrected chi connectivity index (χ3v) is 2.38. The molecule has 4 heteroatoms. The van der Waals surface area contributed by atoms with Gasteiger partial charge in [0.1, 0.15) is 11.9 Å². The van der Waals surface area contributed by atoms with Crippen LogP contribution >= 0.6 is 0 Å². The van der Waals surface area contributed by atoms with Crippen LogP contribution in [0.25, 0.3) is 0 Å². The number of aliphatic hydroxyl groups excluding tert-OH is 1. The summed E-state index contributed by atoms with van der Waals surface area (Å²) in [5, 5.41) is 8.83. The quantitative estimate of drug-likeness (QED) is 0.810. The highest BCUT2D eigenvalue weighted by molar-refractivity contribution is 5.19. The average Bonchev–Trinajstić information content (AvgIpc) is 2.31. The van der Waals surface area contributed by atoms with E-state index in [4.69, 9.17) is 14.6 Å². The molecule has 2 heterocycles. The molecule has 0 aliphatic carbocycles. The van der Waals surface area contributed by atoms with Gasteiger partial charge < -0.3 is 14.6 Å². The van der Waals surface area contributed by atoms with Crippen molar-refractivity contribution < 1.29 is 14.6 Å². The normalized spacial score (nSPS) is 21.3. The van der Waals surface area contributed by atoms with E-state index in [1.54, 1.807) is 12.3 Å². The Hall–Kier alpha value is -1.13. The van der Waals surface area contributed by atoms with E-state index in [0.717, 1.165) is 25.2 Å². The summed E-state index contributed by atoms with van der Waals surface area (Å²) in [6, 6.07) is 3.59. The van der Waals surface area contributed by atoms with E-state index in [1.807, 2.05) is 6.07 Å². The molecule has 1 aromatic rings.